The summed E-state index contributed by atoms with van der Waals surface area (Å²) in [5.74, 6) is -1.32. The average molecular weight is 470 g/mol. The van der Waals surface area contributed by atoms with E-state index in [1.807, 2.05) is 0 Å². The Labute approximate surface area is 196 Å². The van der Waals surface area contributed by atoms with Crippen LogP contribution in [0.5, 0.6) is 0 Å². The normalized spacial score (nSPS) is 18.1. The second-order valence-electron chi connectivity index (χ2n) is 8.57. The minimum absolute atomic E-state index is 0.107. The van der Waals surface area contributed by atoms with Crippen molar-refractivity contribution >= 4 is 17.7 Å². The molecule has 11 heteroatoms. The van der Waals surface area contributed by atoms with E-state index >= 15 is 0 Å². The lowest BCUT2D eigenvalue weighted by Crippen LogP contribution is -2.44. The number of amides is 3. The Morgan fingerprint density at radius 1 is 1.00 bits per heavy atom. The summed E-state index contributed by atoms with van der Waals surface area (Å²) in [5, 5.41) is 3.96. The number of carbonyl (C=O) groups is 3. The molecule has 35 heavy (non-hydrogen) atoms. The largest absolute Gasteiger partial charge is 0.332 e. The van der Waals surface area contributed by atoms with Gasteiger partial charge in [0.1, 0.15) is 12.1 Å². The standard InChI is InChI=1S/C24H15FN6O4/c25-12-5-6-16-15(9-12)24(34)29-8-7-17(29)20-19(26-11-31(16)20)21-27-18(28-35-21)10-30-22(32)13-3-1-2-4-14(13)23(30)33/h1-6,9,11,17H,7-8,10H2/t17-/m0/s1. The zero-order valence-electron chi connectivity index (χ0n) is 18.0. The van der Waals surface area contributed by atoms with E-state index in [1.165, 1.54) is 12.1 Å². The third kappa shape index (κ3) is 2.68. The number of imidazole rings is 1. The lowest BCUT2D eigenvalue weighted by molar-refractivity contribution is 0.0460. The number of nitrogens with zero attached hydrogens (tertiary/aromatic N) is 6. The van der Waals surface area contributed by atoms with Crippen LogP contribution in [0.4, 0.5) is 4.39 Å². The van der Waals surface area contributed by atoms with Gasteiger partial charge in [0.25, 0.3) is 23.6 Å². The number of carbonyl (C=O) groups excluding carboxylic acids is 3. The Morgan fingerprint density at radius 2 is 1.77 bits per heavy atom. The smallest absolute Gasteiger partial charge is 0.278 e. The molecule has 3 aliphatic rings. The fraction of sp³-hybridized carbons (Fsp3) is 0.167. The highest BCUT2D eigenvalue weighted by atomic mass is 19.1. The first-order valence-electron chi connectivity index (χ1n) is 11.0. The van der Waals surface area contributed by atoms with Crippen molar-refractivity contribution in [3.8, 4) is 17.3 Å². The number of rotatable bonds is 3. The van der Waals surface area contributed by atoms with Crippen molar-refractivity contribution in [3.05, 3.63) is 82.8 Å². The lowest BCUT2D eigenvalue weighted by atomic mass is 9.97. The van der Waals surface area contributed by atoms with Gasteiger partial charge in [-0.15, -0.1) is 0 Å². The molecule has 0 unspecified atom stereocenters. The van der Waals surface area contributed by atoms with Gasteiger partial charge in [-0.25, -0.2) is 9.37 Å². The third-order valence-electron chi connectivity index (χ3n) is 6.70. The molecular formula is C24H15FN6O4. The number of benzene rings is 2. The summed E-state index contributed by atoms with van der Waals surface area (Å²) in [4.78, 5) is 50.0. The van der Waals surface area contributed by atoms with Crippen LogP contribution in [0, 0.1) is 5.82 Å². The van der Waals surface area contributed by atoms with Crippen LogP contribution in [-0.2, 0) is 6.54 Å². The first-order chi connectivity index (χ1) is 17.0. The van der Waals surface area contributed by atoms with E-state index in [-0.39, 0.29) is 35.8 Å². The maximum atomic E-state index is 13.9. The van der Waals surface area contributed by atoms with Crippen LogP contribution in [0.15, 0.2) is 53.3 Å². The first-order valence-corrected chi connectivity index (χ1v) is 11.0. The van der Waals surface area contributed by atoms with E-state index in [1.54, 1.807) is 46.1 Å². The summed E-state index contributed by atoms with van der Waals surface area (Å²) in [6, 6.07) is 10.4. The quantitative estimate of drug-likeness (QED) is 0.423. The summed E-state index contributed by atoms with van der Waals surface area (Å²) in [6.07, 6.45) is 2.25. The predicted octanol–water partition coefficient (Wildman–Crippen LogP) is 2.76. The van der Waals surface area contributed by atoms with Crippen molar-refractivity contribution < 1.29 is 23.3 Å². The van der Waals surface area contributed by atoms with E-state index in [0.717, 1.165) is 4.90 Å². The molecule has 0 spiro atoms. The molecule has 1 atom stereocenters. The second kappa shape index (κ2) is 6.92. The van der Waals surface area contributed by atoms with Crippen molar-refractivity contribution in [2.24, 2.45) is 0 Å². The molecule has 5 heterocycles. The van der Waals surface area contributed by atoms with Gasteiger partial charge >= 0.3 is 0 Å². The summed E-state index contributed by atoms with van der Waals surface area (Å²) >= 11 is 0. The zero-order chi connectivity index (χ0) is 23.8. The van der Waals surface area contributed by atoms with Gasteiger partial charge in [0.15, 0.2) is 11.5 Å². The van der Waals surface area contributed by atoms with Gasteiger partial charge in [-0.05, 0) is 36.8 Å². The summed E-state index contributed by atoms with van der Waals surface area (Å²) in [7, 11) is 0. The molecule has 0 aliphatic carbocycles. The molecule has 10 nitrogen and oxygen atoms in total. The number of fused-ring (bicyclic) bond motifs is 6. The fourth-order valence-corrected chi connectivity index (χ4v) is 4.93. The van der Waals surface area contributed by atoms with E-state index in [2.05, 4.69) is 15.1 Å². The van der Waals surface area contributed by atoms with E-state index in [4.69, 9.17) is 4.52 Å². The molecule has 4 aromatic rings. The minimum atomic E-state index is -0.493. The van der Waals surface area contributed by atoms with Crippen LogP contribution in [0.25, 0.3) is 17.3 Å². The van der Waals surface area contributed by atoms with E-state index < -0.39 is 17.6 Å². The number of hydrogen-bond acceptors (Lipinski definition) is 7. The number of hydrogen-bond donors (Lipinski definition) is 0. The monoisotopic (exact) mass is 470 g/mol. The van der Waals surface area contributed by atoms with Crippen LogP contribution in [0.1, 0.15) is 55.1 Å². The number of imide groups is 1. The number of halogens is 1. The van der Waals surface area contributed by atoms with Crippen molar-refractivity contribution in [1.82, 2.24) is 29.5 Å². The molecule has 172 valence electrons. The average Bonchev–Trinajstić information content (AvgIpc) is 3.52. The maximum absolute atomic E-state index is 13.9. The Balaban J connectivity index is 1.25. The fourth-order valence-electron chi connectivity index (χ4n) is 4.93. The van der Waals surface area contributed by atoms with Gasteiger partial charge in [-0.2, -0.15) is 4.98 Å². The molecule has 0 radical (unpaired) electrons. The molecule has 7 rings (SSSR count). The molecule has 0 saturated carbocycles. The molecule has 1 fully saturated rings. The molecule has 0 bridgehead atoms. The van der Waals surface area contributed by atoms with Gasteiger partial charge in [0, 0.05) is 6.54 Å². The summed E-state index contributed by atoms with van der Waals surface area (Å²) in [5.41, 5.74) is 2.53. The predicted molar refractivity (Wildman–Crippen MR) is 116 cm³/mol. The van der Waals surface area contributed by atoms with Gasteiger partial charge in [0.2, 0.25) is 0 Å². The Kier molecular flexibility index (Phi) is 3.91. The number of aromatic nitrogens is 4. The highest BCUT2D eigenvalue weighted by molar-refractivity contribution is 6.21. The van der Waals surface area contributed by atoms with Crippen LogP contribution in [-0.4, -0.2) is 53.8 Å². The van der Waals surface area contributed by atoms with Crippen LogP contribution in [0.2, 0.25) is 0 Å². The minimum Gasteiger partial charge on any atom is -0.332 e. The second-order valence-corrected chi connectivity index (χ2v) is 8.57. The molecular weight excluding hydrogens is 455 g/mol. The zero-order valence-corrected chi connectivity index (χ0v) is 18.0. The van der Waals surface area contributed by atoms with Gasteiger partial charge < -0.3 is 9.42 Å². The topological polar surface area (TPSA) is 114 Å². The van der Waals surface area contributed by atoms with Crippen molar-refractivity contribution in [3.63, 3.8) is 0 Å². The lowest BCUT2D eigenvalue weighted by Gasteiger charge is -2.39. The Bertz CT molecular complexity index is 1560. The summed E-state index contributed by atoms with van der Waals surface area (Å²) < 4.78 is 21.1. The van der Waals surface area contributed by atoms with Gasteiger partial charge in [0.05, 0.1) is 40.7 Å². The SMILES string of the molecule is O=C1c2ccccc2C(=O)N1Cc1noc(-c2ncn3c2[C@@H]2CCN2C(=O)c2cc(F)ccc2-3)n1. The first kappa shape index (κ1) is 19.8. The highest BCUT2D eigenvalue weighted by Gasteiger charge is 2.43. The summed E-state index contributed by atoms with van der Waals surface area (Å²) in [6.45, 7) is 0.390. The Hall–Kier alpha value is -4.67. The van der Waals surface area contributed by atoms with Crippen LogP contribution in [0.3, 0.4) is 0 Å². The maximum Gasteiger partial charge on any atom is 0.278 e. The molecule has 1 saturated heterocycles. The molecule has 3 aliphatic heterocycles. The molecule has 2 aromatic heterocycles. The van der Waals surface area contributed by atoms with E-state index in [0.29, 0.717) is 41.2 Å². The van der Waals surface area contributed by atoms with Crippen molar-refractivity contribution in [1.29, 1.82) is 0 Å². The van der Waals surface area contributed by atoms with Crippen molar-refractivity contribution in [2.75, 3.05) is 6.54 Å². The highest BCUT2D eigenvalue weighted by Crippen LogP contribution is 2.43. The molecule has 2 aromatic carbocycles. The van der Waals surface area contributed by atoms with Crippen molar-refractivity contribution in [2.45, 2.75) is 19.0 Å². The molecule has 3 amide bonds. The third-order valence-corrected chi connectivity index (χ3v) is 6.70. The molecule has 0 N–H and O–H groups in total. The van der Waals surface area contributed by atoms with E-state index in [9.17, 15) is 18.8 Å². The Morgan fingerprint density at radius 3 is 2.49 bits per heavy atom. The van der Waals surface area contributed by atoms with Gasteiger partial charge in [-0.1, -0.05) is 17.3 Å². The van der Waals surface area contributed by atoms with Gasteiger partial charge in [-0.3, -0.25) is 23.9 Å². The van der Waals surface area contributed by atoms with Crippen LogP contribution < -0.4 is 0 Å². The van der Waals surface area contributed by atoms with Crippen LogP contribution >= 0.6 is 0 Å².